The van der Waals surface area contributed by atoms with Crippen LogP contribution >= 0.6 is 0 Å². The third-order valence-corrected chi connectivity index (χ3v) is 14.8. The molecule has 0 bridgehead atoms. The van der Waals surface area contributed by atoms with Gasteiger partial charge < -0.3 is 50.5 Å². The molecule has 1 amide bonds. The van der Waals surface area contributed by atoms with Crippen LogP contribution in [-0.4, -0.2) is 110 Å². The van der Waals surface area contributed by atoms with E-state index in [-0.39, 0.29) is 12.8 Å². The van der Waals surface area contributed by atoms with E-state index in [1.807, 2.05) is 0 Å². The minimum absolute atomic E-state index is 0.259. The molecule has 1 fully saturated rings. The van der Waals surface area contributed by atoms with Crippen LogP contribution in [0.2, 0.25) is 0 Å². The number of allylic oxidation sites excluding steroid dienone is 2. The number of hydrogen-bond acceptors (Lipinski definition) is 10. The van der Waals surface area contributed by atoms with Gasteiger partial charge in [-0.3, -0.25) is 4.79 Å². The number of nitrogens with one attached hydrogen (secondary N) is 1. The summed E-state index contributed by atoms with van der Waals surface area (Å²) in [5.74, 6) is -0.700. The Morgan fingerprint density at radius 3 is 1.23 bits per heavy atom. The number of unbranched alkanes of at least 4 members (excludes halogenated alkanes) is 38. The molecule has 1 aliphatic rings. The van der Waals surface area contributed by atoms with Gasteiger partial charge in [0.25, 0.3) is 0 Å². The van der Waals surface area contributed by atoms with E-state index in [0.29, 0.717) is 12.8 Å². The molecule has 11 nitrogen and oxygen atoms in total. The first-order valence-electron chi connectivity index (χ1n) is 30.1. The third kappa shape index (κ3) is 36.7. The minimum Gasteiger partial charge on any atom is -0.394 e. The molecular formula is C59H115NO10. The van der Waals surface area contributed by atoms with Crippen molar-refractivity contribution in [1.29, 1.82) is 0 Å². The molecule has 1 rings (SSSR count). The van der Waals surface area contributed by atoms with Gasteiger partial charge in [0.1, 0.15) is 36.6 Å². The Bertz CT molecular complexity index is 1140. The van der Waals surface area contributed by atoms with Crippen molar-refractivity contribution in [3.8, 4) is 0 Å². The summed E-state index contributed by atoms with van der Waals surface area (Å²) in [5.41, 5.74) is 0. The number of amides is 1. The number of aliphatic hydroxyl groups is 7. The maximum atomic E-state index is 13.2. The van der Waals surface area contributed by atoms with E-state index in [2.05, 4.69) is 31.3 Å². The largest absolute Gasteiger partial charge is 0.394 e. The van der Waals surface area contributed by atoms with E-state index in [4.69, 9.17) is 9.47 Å². The average Bonchev–Trinajstić information content (AvgIpc) is 3.36. The molecule has 0 aliphatic carbocycles. The van der Waals surface area contributed by atoms with Crippen molar-refractivity contribution in [2.24, 2.45) is 0 Å². The van der Waals surface area contributed by atoms with Crippen molar-refractivity contribution >= 4 is 5.91 Å². The average molecular weight is 999 g/mol. The van der Waals surface area contributed by atoms with Crippen molar-refractivity contribution in [1.82, 2.24) is 5.32 Å². The highest BCUT2D eigenvalue weighted by molar-refractivity contribution is 5.80. The summed E-state index contributed by atoms with van der Waals surface area (Å²) in [6, 6.07) is -1.18. The Kier molecular flexibility index (Phi) is 46.6. The molecule has 1 heterocycles. The zero-order valence-electron chi connectivity index (χ0n) is 45.5. The van der Waals surface area contributed by atoms with Gasteiger partial charge in [-0.2, -0.15) is 0 Å². The second kappa shape index (κ2) is 48.8. The molecule has 9 unspecified atom stereocenters. The van der Waals surface area contributed by atoms with E-state index in [1.165, 1.54) is 212 Å². The van der Waals surface area contributed by atoms with Crippen LogP contribution in [0.25, 0.3) is 0 Å². The Hall–Kier alpha value is -1.15. The third-order valence-electron chi connectivity index (χ3n) is 14.8. The second-order valence-corrected chi connectivity index (χ2v) is 21.4. The van der Waals surface area contributed by atoms with Gasteiger partial charge in [-0.25, -0.2) is 0 Å². The fraction of sp³-hybridized carbons (Fsp3) is 0.949. The summed E-state index contributed by atoms with van der Waals surface area (Å²) in [6.07, 6.45) is 45.6. The van der Waals surface area contributed by atoms with E-state index >= 15 is 0 Å². The Morgan fingerprint density at radius 1 is 0.486 bits per heavy atom. The van der Waals surface area contributed by atoms with Crippen LogP contribution in [0, 0.1) is 0 Å². The smallest absolute Gasteiger partial charge is 0.249 e. The maximum Gasteiger partial charge on any atom is 0.249 e. The van der Waals surface area contributed by atoms with Gasteiger partial charge in [-0.15, -0.1) is 0 Å². The number of carbonyl (C=O) groups excluding carboxylic acids is 1. The lowest BCUT2D eigenvalue weighted by Crippen LogP contribution is -2.60. The van der Waals surface area contributed by atoms with E-state index in [0.717, 1.165) is 38.5 Å². The molecule has 0 saturated carbocycles. The first kappa shape index (κ1) is 66.9. The zero-order valence-corrected chi connectivity index (χ0v) is 45.5. The predicted octanol–water partition coefficient (Wildman–Crippen LogP) is 12.7. The molecule has 9 atom stereocenters. The molecule has 0 radical (unpaired) electrons. The first-order chi connectivity index (χ1) is 34.2. The van der Waals surface area contributed by atoms with Crippen molar-refractivity contribution in [2.75, 3.05) is 13.2 Å². The number of carbonyl (C=O) groups is 1. The fourth-order valence-corrected chi connectivity index (χ4v) is 9.92. The lowest BCUT2D eigenvalue weighted by atomic mass is 9.98. The summed E-state index contributed by atoms with van der Waals surface area (Å²) < 4.78 is 11.1. The van der Waals surface area contributed by atoms with Crippen LogP contribution in [-0.2, 0) is 14.3 Å². The highest BCUT2D eigenvalue weighted by Crippen LogP contribution is 2.23. The summed E-state index contributed by atoms with van der Waals surface area (Å²) in [4.78, 5) is 13.2. The summed E-state index contributed by atoms with van der Waals surface area (Å²) in [5, 5.41) is 76.2. The molecule has 0 aromatic carbocycles. The van der Waals surface area contributed by atoms with E-state index in [1.54, 1.807) is 0 Å². The molecule has 0 aromatic heterocycles. The quantitative estimate of drug-likeness (QED) is 0.0215. The number of ether oxygens (including phenoxy) is 2. The van der Waals surface area contributed by atoms with Crippen LogP contribution in [0.15, 0.2) is 12.2 Å². The Balaban J connectivity index is 2.30. The number of rotatable bonds is 52. The number of aliphatic hydroxyl groups excluding tert-OH is 7. The molecule has 0 aromatic rings. The van der Waals surface area contributed by atoms with Crippen LogP contribution in [0.3, 0.4) is 0 Å². The summed E-state index contributed by atoms with van der Waals surface area (Å²) in [6.45, 7) is 3.48. The SMILES string of the molecule is CCCCCCCCCCCCCCCCCCCCC/C=C/CCCC(O)C(O)C(COC1OC(CO)C(O)C(O)C1O)NC(=O)C(O)CCCCCCCCCCCCCCCCCCCCC. The maximum absolute atomic E-state index is 13.2. The van der Waals surface area contributed by atoms with Crippen molar-refractivity contribution < 1.29 is 50.0 Å². The molecule has 1 aliphatic heterocycles. The molecular weight excluding hydrogens is 883 g/mol. The van der Waals surface area contributed by atoms with Gasteiger partial charge in [0.15, 0.2) is 6.29 Å². The molecule has 8 N–H and O–H groups in total. The molecule has 11 heteroatoms. The summed E-state index contributed by atoms with van der Waals surface area (Å²) in [7, 11) is 0. The fourth-order valence-electron chi connectivity index (χ4n) is 9.92. The standard InChI is InChI=1S/C59H115NO10/c1-3-5-7-9-11-13-15-17-19-21-23-24-25-26-27-29-30-32-34-36-38-40-42-44-46-51(62)54(64)50(49-69-59-57(67)56(66)55(65)53(48-61)70-59)60-58(68)52(63)47-45-43-41-39-37-35-33-31-28-22-20-18-16-14-12-10-8-6-4-2/h38,40,50-57,59,61-67H,3-37,39,41-49H2,1-2H3,(H,60,68)/b40-38+. The minimum atomic E-state index is -1.67. The van der Waals surface area contributed by atoms with E-state index in [9.17, 15) is 40.5 Å². The van der Waals surface area contributed by atoms with Crippen LogP contribution in [0.5, 0.6) is 0 Å². The van der Waals surface area contributed by atoms with Gasteiger partial charge in [0.05, 0.1) is 25.4 Å². The van der Waals surface area contributed by atoms with Crippen molar-refractivity contribution in [3.05, 3.63) is 12.2 Å². The van der Waals surface area contributed by atoms with Gasteiger partial charge in [-0.1, -0.05) is 264 Å². The number of hydrogen-bond donors (Lipinski definition) is 8. The first-order valence-corrected chi connectivity index (χ1v) is 30.1. The second-order valence-electron chi connectivity index (χ2n) is 21.4. The normalized spacial score (nSPS) is 20.3. The zero-order chi connectivity index (χ0) is 51.1. The highest BCUT2D eigenvalue weighted by Gasteiger charge is 2.44. The monoisotopic (exact) mass is 998 g/mol. The highest BCUT2D eigenvalue weighted by atomic mass is 16.7. The van der Waals surface area contributed by atoms with Crippen molar-refractivity contribution in [2.45, 2.75) is 345 Å². The molecule has 1 saturated heterocycles. The van der Waals surface area contributed by atoms with Crippen LogP contribution in [0.1, 0.15) is 290 Å². The lowest BCUT2D eigenvalue weighted by molar-refractivity contribution is -0.303. The topological polar surface area (TPSA) is 189 Å². The predicted molar refractivity (Wildman–Crippen MR) is 289 cm³/mol. The van der Waals surface area contributed by atoms with Gasteiger partial charge in [-0.05, 0) is 38.5 Å². The summed E-state index contributed by atoms with van der Waals surface area (Å²) >= 11 is 0. The van der Waals surface area contributed by atoms with Crippen LogP contribution < -0.4 is 5.32 Å². The molecule has 0 spiro atoms. The Labute approximate surface area is 430 Å². The van der Waals surface area contributed by atoms with Gasteiger partial charge in [0, 0.05) is 0 Å². The Morgan fingerprint density at radius 2 is 0.843 bits per heavy atom. The van der Waals surface area contributed by atoms with Crippen LogP contribution in [0.4, 0.5) is 0 Å². The lowest BCUT2D eigenvalue weighted by Gasteiger charge is -2.40. The van der Waals surface area contributed by atoms with Crippen molar-refractivity contribution in [3.63, 3.8) is 0 Å². The van der Waals surface area contributed by atoms with Gasteiger partial charge in [0.2, 0.25) is 5.91 Å². The molecule has 70 heavy (non-hydrogen) atoms. The van der Waals surface area contributed by atoms with Gasteiger partial charge >= 0.3 is 0 Å². The van der Waals surface area contributed by atoms with E-state index < -0.39 is 74.2 Å². The molecule has 416 valence electrons.